The molecule has 3 rings (SSSR count). The summed E-state index contributed by atoms with van der Waals surface area (Å²) in [4.78, 5) is 19.0. The first-order valence-electron chi connectivity index (χ1n) is 9.68. The van der Waals surface area contributed by atoms with E-state index in [4.69, 9.17) is 9.57 Å². The third-order valence-corrected chi connectivity index (χ3v) is 4.86. The Labute approximate surface area is 167 Å². The molecule has 148 valence electrons. The molecule has 2 atom stereocenters. The van der Waals surface area contributed by atoms with Crippen molar-refractivity contribution in [3.63, 3.8) is 0 Å². The topological polar surface area (TPSA) is 47.9 Å². The van der Waals surface area contributed by atoms with Gasteiger partial charge in [-0.05, 0) is 65.2 Å². The van der Waals surface area contributed by atoms with Crippen molar-refractivity contribution in [1.82, 2.24) is 0 Å². The molecule has 4 nitrogen and oxygen atoms in total. The third-order valence-electron chi connectivity index (χ3n) is 4.86. The van der Waals surface area contributed by atoms with E-state index in [0.29, 0.717) is 5.71 Å². The van der Waals surface area contributed by atoms with E-state index >= 15 is 0 Å². The number of esters is 1. The minimum atomic E-state index is -0.609. The molecule has 0 amide bonds. The van der Waals surface area contributed by atoms with E-state index in [1.165, 1.54) is 5.56 Å². The van der Waals surface area contributed by atoms with Crippen LogP contribution in [0.2, 0.25) is 0 Å². The second-order valence-electron chi connectivity index (χ2n) is 8.70. The number of nitrogens with zero attached hydrogens (tertiary/aromatic N) is 1. The lowest BCUT2D eigenvalue weighted by Gasteiger charge is -2.25. The van der Waals surface area contributed by atoms with Gasteiger partial charge in [-0.1, -0.05) is 52.7 Å². The van der Waals surface area contributed by atoms with Crippen molar-refractivity contribution in [2.75, 3.05) is 0 Å². The molecule has 2 aromatic carbocycles. The van der Waals surface area contributed by atoms with Crippen LogP contribution in [0, 0.1) is 33.6 Å². The van der Waals surface area contributed by atoms with Crippen molar-refractivity contribution in [2.24, 2.45) is 11.1 Å². The van der Waals surface area contributed by atoms with Gasteiger partial charge in [0.25, 0.3) is 0 Å². The van der Waals surface area contributed by atoms with E-state index in [1.54, 1.807) is 0 Å². The molecule has 0 saturated heterocycles. The van der Waals surface area contributed by atoms with Crippen LogP contribution >= 0.6 is 0 Å². The fourth-order valence-electron chi connectivity index (χ4n) is 3.77. The SMILES string of the molecule is Cc1ccc([C@@H]2ON=C(c3c(C)cc(C)cc3C)[C@H]2C(=O)OC(C)(C)C)cc1. The van der Waals surface area contributed by atoms with E-state index in [2.05, 4.69) is 24.2 Å². The van der Waals surface area contributed by atoms with Crippen LogP contribution in [0.1, 0.15) is 60.3 Å². The van der Waals surface area contributed by atoms with Gasteiger partial charge in [-0.2, -0.15) is 0 Å². The number of ether oxygens (including phenoxy) is 1. The minimum absolute atomic E-state index is 0.311. The van der Waals surface area contributed by atoms with Gasteiger partial charge in [0.05, 0.1) is 0 Å². The van der Waals surface area contributed by atoms with Crippen molar-refractivity contribution in [1.29, 1.82) is 0 Å². The largest absolute Gasteiger partial charge is 0.459 e. The maximum Gasteiger partial charge on any atom is 0.320 e. The summed E-state index contributed by atoms with van der Waals surface area (Å²) < 4.78 is 5.75. The number of carbonyl (C=O) groups excluding carboxylic acids is 1. The average molecular weight is 380 g/mol. The highest BCUT2D eigenvalue weighted by molar-refractivity contribution is 6.14. The molecular formula is C24H29NO3. The summed E-state index contributed by atoms with van der Waals surface area (Å²) in [5.41, 5.74) is 6.45. The Hall–Kier alpha value is -2.62. The van der Waals surface area contributed by atoms with Gasteiger partial charge in [0.1, 0.15) is 17.2 Å². The van der Waals surface area contributed by atoms with Crippen molar-refractivity contribution < 1.29 is 14.4 Å². The third kappa shape index (κ3) is 4.11. The smallest absolute Gasteiger partial charge is 0.320 e. The first-order valence-corrected chi connectivity index (χ1v) is 9.68. The molecule has 1 heterocycles. The van der Waals surface area contributed by atoms with E-state index in [0.717, 1.165) is 27.8 Å². The molecule has 0 N–H and O–H groups in total. The normalized spacial score (nSPS) is 19.2. The van der Waals surface area contributed by atoms with Gasteiger partial charge in [-0.25, -0.2) is 0 Å². The van der Waals surface area contributed by atoms with Crippen LogP contribution in [0.3, 0.4) is 0 Å². The summed E-state index contributed by atoms with van der Waals surface area (Å²) in [6.45, 7) is 13.8. The number of aryl methyl sites for hydroxylation is 4. The molecule has 0 radical (unpaired) electrons. The fourth-order valence-corrected chi connectivity index (χ4v) is 3.77. The summed E-state index contributed by atoms with van der Waals surface area (Å²) in [5.74, 6) is -0.921. The van der Waals surface area contributed by atoms with Crippen LogP contribution < -0.4 is 0 Å². The first kappa shape index (κ1) is 20.1. The van der Waals surface area contributed by atoms with Gasteiger partial charge >= 0.3 is 5.97 Å². The monoisotopic (exact) mass is 379 g/mol. The number of oxime groups is 1. The van der Waals surface area contributed by atoms with Crippen LogP contribution in [0.15, 0.2) is 41.6 Å². The van der Waals surface area contributed by atoms with Gasteiger partial charge in [-0.15, -0.1) is 0 Å². The Morgan fingerprint density at radius 3 is 2.07 bits per heavy atom. The second-order valence-corrected chi connectivity index (χ2v) is 8.70. The molecule has 4 heteroatoms. The standard InChI is InChI=1S/C24H29NO3/c1-14-8-10-18(11-9-14)22-20(23(26)27-24(5,6)7)21(25-28-22)19-16(3)12-15(2)13-17(19)4/h8-13,20,22H,1-7H3/t20-,22+/m1/s1. The van der Waals surface area contributed by atoms with Gasteiger partial charge in [-0.3, -0.25) is 4.79 Å². The van der Waals surface area contributed by atoms with Crippen LogP contribution in [0.4, 0.5) is 0 Å². The Morgan fingerprint density at radius 2 is 1.54 bits per heavy atom. The summed E-state index contributed by atoms with van der Waals surface area (Å²) >= 11 is 0. The quantitative estimate of drug-likeness (QED) is 0.675. The van der Waals surface area contributed by atoms with Crippen LogP contribution in [0.5, 0.6) is 0 Å². The summed E-state index contributed by atoms with van der Waals surface area (Å²) in [6, 6.07) is 12.2. The van der Waals surface area contributed by atoms with E-state index < -0.39 is 17.6 Å². The zero-order valence-electron chi connectivity index (χ0n) is 17.8. The van der Waals surface area contributed by atoms with Gasteiger partial charge < -0.3 is 9.57 Å². The molecule has 0 unspecified atom stereocenters. The van der Waals surface area contributed by atoms with Crippen LogP contribution in [-0.2, 0) is 14.4 Å². The fraction of sp³-hybridized carbons (Fsp3) is 0.417. The highest BCUT2D eigenvalue weighted by Gasteiger charge is 2.44. The van der Waals surface area contributed by atoms with E-state index in [1.807, 2.05) is 65.8 Å². The molecular weight excluding hydrogens is 350 g/mol. The van der Waals surface area contributed by atoms with Crippen LogP contribution in [0.25, 0.3) is 0 Å². The predicted octanol–water partition coefficient (Wildman–Crippen LogP) is 5.35. The number of rotatable bonds is 3. The molecule has 0 saturated carbocycles. The molecule has 0 bridgehead atoms. The molecule has 0 fully saturated rings. The molecule has 1 aliphatic heterocycles. The lowest BCUT2D eigenvalue weighted by molar-refractivity contribution is -0.160. The Morgan fingerprint density at radius 1 is 0.964 bits per heavy atom. The molecule has 2 aromatic rings. The van der Waals surface area contributed by atoms with Crippen molar-refractivity contribution in [3.8, 4) is 0 Å². The number of hydrogen-bond acceptors (Lipinski definition) is 4. The molecule has 1 aliphatic rings. The number of hydrogen-bond donors (Lipinski definition) is 0. The highest BCUT2D eigenvalue weighted by Crippen LogP contribution is 2.38. The average Bonchev–Trinajstić information content (AvgIpc) is 2.97. The Bertz CT molecular complexity index is 897. The molecule has 28 heavy (non-hydrogen) atoms. The molecule has 0 aliphatic carbocycles. The van der Waals surface area contributed by atoms with Gasteiger partial charge in [0.15, 0.2) is 6.10 Å². The summed E-state index contributed by atoms with van der Waals surface area (Å²) in [7, 11) is 0. The second kappa shape index (κ2) is 7.42. The van der Waals surface area contributed by atoms with E-state index in [-0.39, 0.29) is 5.97 Å². The van der Waals surface area contributed by atoms with Crippen molar-refractivity contribution in [2.45, 2.75) is 60.2 Å². The first-order chi connectivity index (χ1) is 13.1. The zero-order valence-corrected chi connectivity index (χ0v) is 17.8. The Balaban J connectivity index is 2.06. The highest BCUT2D eigenvalue weighted by atomic mass is 16.6. The van der Waals surface area contributed by atoms with Crippen molar-refractivity contribution in [3.05, 3.63) is 69.8 Å². The Kier molecular flexibility index (Phi) is 5.33. The van der Waals surface area contributed by atoms with E-state index in [9.17, 15) is 4.79 Å². The minimum Gasteiger partial charge on any atom is -0.459 e. The van der Waals surface area contributed by atoms with Crippen LogP contribution in [-0.4, -0.2) is 17.3 Å². The lowest BCUT2D eigenvalue weighted by Crippen LogP contribution is -2.35. The molecule has 0 spiro atoms. The van der Waals surface area contributed by atoms with Gasteiger partial charge in [0, 0.05) is 5.56 Å². The van der Waals surface area contributed by atoms with Gasteiger partial charge in [0.2, 0.25) is 0 Å². The number of carbonyl (C=O) groups is 1. The zero-order chi connectivity index (χ0) is 20.6. The lowest BCUT2D eigenvalue weighted by atomic mass is 9.84. The predicted molar refractivity (Wildman–Crippen MR) is 112 cm³/mol. The maximum atomic E-state index is 13.2. The van der Waals surface area contributed by atoms with Crippen molar-refractivity contribution >= 4 is 11.7 Å². The number of benzene rings is 2. The maximum absolute atomic E-state index is 13.2. The summed E-state index contributed by atoms with van der Waals surface area (Å²) in [6.07, 6.45) is -0.495. The molecule has 0 aromatic heterocycles. The summed E-state index contributed by atoms with van der Waals surface area (Å²) in [5, 5.41) is 4.39.